The van der Waals surface area contributed by atoms with Crippen LogP contribution in [0, 0.1) is 13.8 Å². The van der Waals surface area contributed by atoms with E-state index in [0.717, 1.165) is 57.8 Å². The molecule has 0 aliphatic heterocycles. The minimum absolute atomic E-state index is 0.0221. The minimum atomic E-state index is 0.0221. The highest BCUT2D eigenvalue weighted by Gasteiger charge is 2.16. The summed E-state index contributed by atoms with van der Waals surface area (Å²) in [5.74, 6) is 2.50. The molecular formula is C24H27ClN4O2. The zero-order valence-corrected chi connectivity index (χ0v) is 19.0. The summed E-state index contributed by atoms with van der Waals surface area (Å²) in [6.45, 7) is 6.60. The molecule has 2 heterocycles. The Balaban J connectivity index is 1.69. The summed E-state index contributed by atoms with van der Waals surface area (Å²) in [6, 6.07) is 12.2. The van der Waals surface area contributed by atoms with E-state index in [0.29, 0.717) is 17.3 Å². The lowest BCUT2D eigenvalue weighted by atomic mass is 10.0. The van der Waals surface area contributed by atoms with Crippen molar-refractivity contribution in [3.05, 3.63) is 64.3 Å². The Morgan fingerprint density at radius 3 is 2.61 bits per heavy atom. The lowest BCUT2D eigenvalue weighted by molar-refractivity contribution is 0.393. The van der Waals surface area contributed by atoms with Crippen LogP contribution in [-0.4, -0.2) is 27.9 Å². The summed E-state index contributed by atoms with van der Waals surface area (Å²) in [5, 5.41) is 4.70. The van der Waals surface area contributed by atoms with Crippen molar-refractivity contribution in [2.45, 2.75) is 46.2 Å². The zero-order valence-electron chi connectivity index (χ0n) is 18.3. The molecule has 1 atom stereocenters. The molecule has 0 spiro atoms. The Hall–Kier alpha value is -2.83. The number of nitrogens with zero attached hydrogens (tertiary/aromatic N) is 3. The van der Waals surface area contributed by atoms with E-state index in [-0.39, 0.29) is 6.04 Å². The highest BCUT2D eigenvalue weighted by molar-refractivity contribution is 6.32. The van der Waals surface area contributed by atoms with Crippen LogP contribution in [0.15, 0.2) is 40.9 Å². The molecule has 0 fully saturated rings. The molecular weight excluding hydrogens is 412 g/mol. The first-order chi connectivity index (χ1) is 14.9. The van der Waals surface area contributed by atoms with Crippen LogP contribution >= 0.6 is 11.6 Å². The van der Waals surface area contributed by atoms with Crippen molar-refractivity contribution in [1.82, 2.24) is 14.7 Å². The highest BCUT2D eigenvalue weighted by atomic mass is 35.5. The molecule has 2 aromatic carbocycles. The summed E-state index contributed by atoms with van der Waals surface area (Å²) in [4.78, 5) is 4.97. The van der Waals surface area contributed by atoms with Crippen molar-refractivity contribution < 1.29 is 9.26 Å². The number of hydrogen-bond acceptors (Lipinski definition) is 5. The van der Waals surface area contributed by atoms with Gasteiger partial charge < -0.3 is 19.6 Å². The number of rotatable bonds is 7. The number of aryl methyl sites for hydroxylation is 4. The van der Waals surface area contributed by atoms with Gasteiger partial charge in [-0.2, -0.15) is 0 Å². The number of fused-ring (bicyclic) bond motifs is 1. The largest absolute Gasteiger partial charge is 0.495 e. The van der Waals surface area contributed by atoms with Crippen LogP contribution in [0.4, 0.5) is 0 Å². The van der Waals surface area contributed by atoms with Gasteiger partial charge in [-0.25, -0.2) is 4.98 Å². The lowest BCUT2D eigenvalue weighted by Gasteiger charge is -2.12. The van der Waals surface area contributed by atoms with Crippen LogP contribution in [0.1, 0.15) is 29.8 Å². The summed E-state index contributed by atoms with van der Waals surface area (Å²) >= 11 is 6.29. The molecule has 31 heavy (non-hydrogen) atoms. The number of nitrogens with two attached hydrogens (primary N) is 1. The van der Waals surface area contributed by atoms with Crippen LogP contribution < -0.4 is 10.5 Å². The molecule has 0 saturated carbocycles. The molecule has 0 amide bonds. The summed E-state index contributed by atoms with van der Waals surface area (Å²) < 4.78 is 12.8. The van der Waals surface area contributed by atoms with Crippen molar-refractivity contribution in [3.8, 4) is 16.9 Å². The molecule has 162 valence electrons. The van der Waals surface area contributed by atoms with Gasteiger partial charge in [0.1, 0.15) is 17.3 Å². The van der Waals surface area contributed by atoms with E-state index in [1.54, 1.807) is 7.11 Å². The smallest absolute Gasteiger partial charge is 0.141 e. The first-order valence-corrected chi connectivity index (χ1v) is 10.8. The number of benzene rings is 2. The van der Waals surface area contributed by atoms with Crippen LogP contribution in [0.2, 0.25) is 5.02 Å². The predicted octanol–water partition coefficient (Wildman–Crippen LogP) is 5.10. The van der Waals surface area contributed by atoms with E-state index in [1.165, 1.54) is 0 Å². The molecule has 0 radical (unpaired) electrons. The molecule has 0 saturated heterocycles. The standard InChI is InChI=1S/C24H27ClN4O2/c1-14(26)13-29-21-8-7-18(24-15(2)28-31-16(24)3)12-20(21)27-23(29)10-6-17-5-9-22(30-4)19(25)11-17/h5,7-9,11-12,14H,6,10,13,26H2,1-4H3/t14-/m0/s1. The third-order valence-corrected chi connectivity index (χ3v) is 5.77. The first-order valence-electron chi connectivity index (χ1n) is 10.4. The Morgan fingerprint density at radius 2 is 1.97 bits per heavy atom. The second kappa shape index (κ2) is 8.73. The summed E-state index contributed by atoms with van der Waals surface area (Å²) in [7, 11) is 1.62. The topological polar surface area (TPSA) is 79.1 Å². The van der Waals surface area contributed by atoms with Crippen molar-refractivity contribution >= 4 is 22.6 Å². The number of hydrogen-bond donors (Lipinski definition) is 1. The number of ether oxygens (including phenoxy) is 1. The van der Waals surface area contributed by atoms with Gasteiger partial charge in [0.2, 0.25) is 0 Å². The fourth-order valence-electron chi connectivity index (χ4n) is 4.03. The highest BCUT2D eigenvalue weighted by Crippen LogP contribution is 2.30. The van der Waals surface area contributed by atoms with Gasteiger partial charge >= 0.3 is 0 Å². The van der Waals surface area contributed by atoms with Gasteiger partial charge in [0.05, 0.1) is 28.9 Å². The van der Waals surface area contributed by atoms with Gasteiger partial charge in [-0.05, 0) is 62.6 Å². The molecule has 0 unspecified atom stereocenters. The first kappa shape index (κ1) is 21.4. The van der Waals surface area contributed by atoms with E-state index >= 15 is 0 Å². The molecule has 4 aromatic rings. The van der Waals surface area contributed by atoms with Crippen LogP contribution in [0.5, 0.6) is 5.75 Å². The van der Waals surface area contributed by atoms with Crippen molar-refractivity contribution in [2.24, 2.45) is 5.73 Å². The Bertz CT molecular complexity index is 1210. The van der Waals surface area contributed by atoms with Gasteiger partial charge in [0, 0.05) is 24.6 Å². The Labute approximate surface area is 187 Å². The number of halogens is 1. The lowest BCUT2D eigenvalue weighted by Crippen LogP contribution is -2.23. The van der Waals surface area contributed by atoms with Gasteiger partial charge in [-0.3, -0.25) is 0 Å². The fourth-order valence-corrected chi connectivity index (χ4v) is 4.31. The van der Waals surface area contributed by atoms with E-state index in [1.807, 2.05) is 39.0 Å². The van der Waals surface area contributed by atoms with Gasteiger partial charge in [0.15, 0.2) is 0 Å². The molecule has 2 N–H and O–H groups in total. The average Bonchev–Trinajstić information content (AvgIpc) is 3.24. The van der Waals surface area contributed by atoms with Crippen LogP contribution in [-0.2, 0) is 19.4 Å². The van der Waals surface area contributed by atoms with E-state index in [2.05, 4.69) is 27.9 Å². The third-order valence-electron chi connectivity index (χ3n) is 5.47. The van der Waals surface area contributed by atoms with E-state index < -0.39 is 0 Å². The van der Waals surface area contributed by atoms with Gasteiger partial charge in [0.25, 0.3) is 0 Å². The second-order valence-corrected chi connectivity index (χ2v) is 8.39. The second-order valence-electron chi connectivity index (χ2n) is 7.99. The molecule has 0 aliphatic carbocycles. The van der Waals surface area contributed by atoms with Crippen LogP contribution in [0.25, 0.3) is 22.2 Å². The fraction of sp³-hybridized carbons (Fsp3) is 0.333. The predicted molar refractivity (Wildman–Crippen MR) is 124 cm³/mol. The van der Waals surface area contributed by atoms with E-state index in [9.17, 15) is 0 Å². The average molecular weight is 439 g/mol. The Morgan fingerprint density at radius 1 is 1.16 bits per heavy atom. The van der Waals surface area contributed by atoms with Crippen molar-refractivity contribution in [1.29, 1.82) is 0 Å². The number of aromatic nitrogens is 3. The van der Waals surface area contributed by atoms with Crippen LogP contribution in [0.3, 0.4) is 0 Å². The monoisotopic (exact) mass is 438 g/mol. The minimum Gasteiger partial charge on any atom is -0.495 e. The quantitative estimate of drug-likeness (QED) is 0.434. The van der Waals surface area contributed by atoms with Crippen molar-refractivity contribution in [2.75, 3.05) is 7.11 Å². The number of imidazole rings is 1. The normalized spacial score (nSPS) is 12.5. The maximum absolute atomic E-state index is 6.29. The van der Waals surface area contributed by atoms with E-state index in [4.69, 9.17) is 31.6 Å². The summed E-state index contributed by atoms with van der Waals surface area (Å²) in [6.07, 6.45) is 1.60. The molecule has 0 aliphatic rings. The van der Waals surface area contributed by atoms with Gasteiger partial charge in [-0.1, -0.05) is 28.9 Å². The maximum atomic E-state index is 6.29. The zero-order chi connectivity index (χ0) is 22.1. The molecule has 7 heteroatoms. The molecule has 6 nitrogen and oxygen atoms in total. The molecule has 0 bridgehead atoms. The third kappa shape index (κ3) is 4.31. The molecule has 4 rings (SSSR count). The molecule has 2 aromatic heterocycles. The SMILES string of the molecule is COc1ccc(CCc2nc3cc(-c4c(C)noc4C)ccc3n2C[C@H](C)N)cc1Cl. The Kier molecular flexibility index (Phi) is 6.03. The van der Waals surface area contributed by atoms with Gasteiger partial charge in [-0.15, -0.1) is 0 Å². The maximum Gasteiger partial charge on any atom is 0.141 e. The number of methoxy groups -OCH3 is 1. The van der Waals surface area contributed by atoms with Crippen molar-refractivity contribution in [3.63, 3.8) is 0 Å². The summed E-state index contributed by atoms with van der Waals surface area (Å²) in [5.41, 5.74) is 12.3.